The van der Waals surface area contributed by atoms with Gasteiger partial charge in [0.05, 0.1) is 17.9 Å². The standard InChI is InChI=1S/C27H31ClN4O5/c28-21-9-10-23(37-16-17-5-3-12-29-30-17)25-20(21)11-14-32(22(25)15-31-13-4-8-24(31)33)26(34)18-6-1-2-7-19(18)27(35)36/h3,5,9-10,12,18-19,22H,1-2,4,6-8,11,13-16H2,(H,35,36)/t18?,19-,22-/m1/s1. The Bertz CT molecular complexity index is 1180. The molecule has 3 atom stereocenters. The molecule has 1 aliphatic carbocycles. The lowest BCUT2D eigenvalue weighted by Crippen LogP contribution is -2.50. The van der Waals surface area contributed by atoms with E-state index in [1.54, 1.807) is 34.2 Å². The number of carbonyl (C=O) groups is 3. The van der Waals surface area contributed by atoms with Gasteiger partial charge in [-0.1, -0.05) is 24.4 Å². The Hall–Kier alpha value is -3.20. The summed E-state index contributed by atoms with van der Waals surface area (Å²) in [4.78, 5) is 42.2. The molecule has 9 nitrogen and oxygen atoms in total. The average molecular weight is 527 g/mol. The number of nitrogens with zero attached hydrogens (tertiary/aromatic N) is 4. The summed E-state index contributed by atoms with van der Waals surface area (Å²) in [6.45, 7) is 1.55. The van der Waals surface area contributed by atoms with Crippen molar-refractivity contribution in [1.82, 2.24) is 20.0 Å². The molecule has 0 radical (unpaired) electrons. The molecule has 37 heavy (non-hydrogen) atoms. The number of benzene rings is 1. The van der Waals surface area contributed by atoms with E-state index in [0.29, 0.717) is 61.8 Å². The number of carboxylic acids is 1. The molecule has 3 aliphatic rings. The summed E-state index contributed by atoms with van der Waals surface area (Å²) in [7, 11) is 0. The van der Waals surface area contributed by atoms with Crippen molar-refractivity contribution in [2.24, 2.45) is 11.8 Å². The number of hydrogen-bond acceptors (Lipinski definition) is 6. The van der Waals surface area contributed by atoms with Gasteiger partial charge < -0.3 is 19.6 Å². The van der Waals surface area contributed by atoms with Crippen molar-refractivity contribution in [2.45, 2.75) is 57.6 Å². The summed E-state index contributed by atoms with van der Waals surface area (Å²) < 4.78 is 6.20. The highest BCUT2D eigenvalue weighted by atomic mass is 35.5. The van der Waals surface area contributed by atoms with Crippen molar-refractivity contribution in [1.29, 1.82) is 0 Å². The van der Waals surface area contributed by atoms with Gasteiger partial charge in [-0.25, -0.2) is 0 Å². The fourth-order valence-corrected chi connectivity index (χ4v) is 6.22. The van der Waals surface area contributed by atoms with E-state index in [4.69, 9.17) is 16.3 Å². The summed E-state index contributed by atoms with van der Waals surface area (Å²) >= 11 is 6.64. The zero-order chi connectivity index (χ0) is 25.9. The van der Waals surface area contributed by atoms with Gasteiger partial charge in [0.1, 0.15) is 18.1 Å². The molecule has 0 spiro atoms. The van der Waals surface area contributed by atoms with Crippen LogP contribution in [0.2, 0.25) is 5.02 Å². The Morgan fingerprint density at radius 3 is 2.59 bits per heavy atom. The Morgan fingerprint density at radius 1 is 1.08 bits per heavy atom. The van der Waals surface area contributed by atoms with Gasteiger partial charge in [0, 0.05) is 42.8 Å². The third-order valence-corrected chi connectivity index (χ3v) is 8.18. The van der Waals surface area contributed by atoms with E-state index < -0.39 is 23.8 Å². The van der Waals surface area contributed by atoms with Gasteiger partial charge in [0.15, 0.2) is 0 Å². The van der Waals surface area contributed by atoms with Gasteiger partial charge in [0.25, 0.3) is 0 Å². The first-order valence-corrected chi connectivity index (χ1v) is 13.3. The Kier molecular flexibility index (Phi) is 7.60. The van der Waals surface area contributed by atoms with Crippen LogP contribution in [0.5, 0.6) is 5.75 Å². The number of likely N-dealkylation sites (tertiary alicyclic amines) is 1. The van der Waals surface area contributed by atoms with Crippen LogP contribution < -0.4 is 4.74 Å². The lowest BCUT2D eigenvalue weighted by Gasteiger charge is -2.43. The van der Waals surface area contributed by atoms with Crippen LogP contribution in [-0.4, -0.2) is 62.5 Å². The molecule has 1 N–H and O–H groups in total. The average Bonchev–Trinajstić information content (AvgIpc) is 3.32. The predicted molar refractivity (Wildman–Crippen MR) is 135 cm³/mol. The van der Waals surface area contributed by atoms with Crippen molar-refractivity contribution in [3.8, 4) is 5.75 Å². The quantitative estimate of drug-likeness (QED) is 0.586. The van der Waals surface area contributed by atoms with Gasteiger partial charge in [-0.2, -0.15) is 10.2 Å². The maximum absolute atomic E-state index is 14.0. The maximum atomic E-state index is 14.0. The van der Waals surface area contributed by atoms with E-state index in [0.717, 1.165) is 30.4 Å². The Balaban J connectivity index is 1.51. The molecular weight excluding hydrogens is 496 g/mol. The topological polar surface area (TPSA) is 113 Å². The third-order valence-electron chi connectivity index (χ3n) is 7.82. The molecule has 0 bridgehead atoms. The fourth-order valence-electron chi connectivity index (χ4n) is 5.96. The minimum Gasteiger partial charge on any atom is -0.487 e. The molecule has 10 heteroatoms. The molecule has 2 aromatic rings. The SMILES string of the molecule is O=C(O)[C@@H]1CCCCC1C(=O)N1CCc2c(Cl)ccc(OCc3cccnn3)c2[C@H]1CN1CCCC1=O. The van der Waals surface area contributed by atoms with Crippen LogP contribution >= 0.6 is 11.6 Å². The molecule has 2 aliphatic heterocycles. The molecule has 1 saturated carbocycles. The van der Waals surface area contributed by atoms with Crippen LogP contribution in [0.1, 0.15) is 61.4 Å². The third kappa shape index (κ3) is 5.28. The number of ether oxygens (including phenoxy) is 1. The van der Waals surface area contributed by atoms with Crippen LogP contribution in [0.15, 0.2) is 30.5 Å². The fraction of sp³-hybridized carbons (Fsp3) is 0.519. The van der Waals surface area contributed by atoms with E-state index >= 15 is 0 Å². The van der Waals surface area contributed by atoms with Crippen LogP contribution in [0.3, 0.4) is 0 Å². The van der Waals surface area contributed by atoms with E-state index in [9.17, 15) is 19.5 Å². The second kappa shape index (κ2) is 11.0. The second-order valence-corrected chi connectivity index (χ2v) is 10.4. The van der Waals surface area contributed by atoms with E-state index in [1.165, 1.54) is 0 Å². The van der Waals surface area contributed by atoms with Crippen molar-refractivity contribution in [3.05, 3.63) is 52.3 Å². The normalized spacial score (nSPS) is 23.6. The van der Waals surface area contributed by atoms with Crippen LogP contribution in [0.25, 0.3) is 0 Å². The van der Waals surface area contributed by atoms with Crippen LogP contribution in [0.4, 0.5) is 0 Å². The van der Waals surface area contributed by atoms with Gasteiger partial charge in [0.2, 0.25) is 11.8 Å². The molecule has 1 saturated heterocycles. The van der Waals surface area contributed by atoms with Crippen LogP contribution in [-0.2, 0) is 27.4 Å². The number of amides is 2. The first kappa shape index (κ1) is 25.4. The first-order chi connectivity index (χ1) is 17.9. The zero-order valence-electron chi connectivity index (χ0n) is 20.6. The number of aliphatic carboxylic acids is 1. The van der Waals surface area contributed by atoms with Crippen molar-refractivity contribution < 1.29 is 24.2 Å². The summed E-state index contributed by atoms with van der Waals surface area (Å²) in [5.74, 6) is -1.70. The number of aromatic nitrogens is 2. The first-order valence-electron chi connectivity index (χ1n) is 13.0. The summed E-state index contributed by atoms with van der Waals surface area (Å²) in [5, 5.41) is 18.4. The molecule has 1 unspecified atom stereocenters. The highest BCUT2D eigenvalue weighted by Crippen LogP contribution is 2.43. The number of halogens is 1. The maximum Gasteiger partial charge on any atom is 0.307 e. The largest absolute Gasteiger partial charge is 0.487 e. The minimum atomic E-state index is -0.919. The van der Waals surface area contributed by atoms with Crippen molar-refractivity contribution in [3.63, 3.8) is 0 Å². The Labute approximate surface area is 220 Å². The van der Waals surface area contributed by atoms with E-state index in [1.807, 2.05) is 6.07 Å². The lowest BCUT2D eigenvalue weighted by molar-refractivity contribution is -0.154. The van der Waals surface area contributed by atoms with Gasteiger partial charge >= 0.3 is 5.97 Å². The van der Waals surface area contributed by atoms with Crippen molar-refractivity contribution >= 4 is 29.4 Å². The van der Waals surface area contributed by atoms with Gasteiger partial charge in [-0.05, 0) is 55.5 Å². The zero-order valence-corrected chi connectivity index (χ0v) is 21.4. The number of carbonyl (C=O) groups excluding carboxylic acids is 2. The molecule has 196 valence electrons. The lowest BCUT2D eigenvalue weighted by atomic mass is 9.77. The Morgan fingerprint density at radius 2 is 1.89 bits per heavy atom. The second-order valence-electron chi connectivity index (χ2n) is 10.0. The predicted octanol–water partition coefficient (Wildman–Crippen LogP) is 3.65. The molecule has 5 rings (SSSR count). The molecule has 2 fully saturated rings. The molecule has 1 aromatic heterocycles. The van der Waals surface area contributed by atoms with Crippen molar-refractivity contribution in [2.75, 3.05) is 19.6 Å². The number of carboxylic acid groups (broad SMARTS) is 1. The number of fused-ring (bicyclic) bond motifs is 1. The van der Waals surface area contributed by atoms with Gasteiger partial charge in [-0.3, -0.25) is 14.4 Å². The van der Waals surface area contributed by atoms with E-state index in [2.05, 4.69) is 10.2 Å². The minimum absolute atomic E-state index is 0.0599. The smallest absolute Gasteiger partial charge is 0.307 e. The summed E-state index contributed by atoms with van der Waals surface area (Å²) in [6, 6.07) is 6.72. The monoisotopic (exact) mass is 526 g/mol. The number of rotatable bonds is 7. The summed E-state index contributed by atoms with van der Waals surface area (Å²) in [6.07, 6.45) is 6.09. The highest BCUT2D eigenvalue weighted by molar-refractivity contribution is 6.31. The van der Waals surface area contributed by atoms with Gasteiger partial charge in [-0.15, -0.1) is 0 Å². The molecule has 1 aromatic carbocycles. The number of hydrogen-bond donors (Lipinski definition) is 1. The molecule has 2 amide bonds. The molecular formula is C27H31ClN4O5. The summed E-state index contributed by atoms with van der Waals surface area (Å²) in [5.41, 5.74) is 2.35. The highest BCUT2D eigenvalue weighted by Gasteiger charge is 2.43. The van der Waals surface area contributed by atoms with E-state index in [-0.39, 0.29) is 18.4 Å². The molecule has 3 heterocycles. The van der Waals surface area contributed by atoms with Crippen LogP contribution in [0, 0.1) is 11.8 Å².